The van der Waals surface area contributed by atoms with E-state index in [1.54, 1.807) is 0 Å². The summed E-state index contributed by atoms with van der Waals surface area (Å²) in [5, 5.41) is 3.11. The zero-order valence-corrected chi connectivity index (χ0v) is 12.4. The van der Waals surface area contributed by atoms with Crippen LogP contribution in [0.2, 0.25) is 0 Å². The molecule has 0 spiro atoms. The Morgan fingerprint density at radius 2 is 1.80 bits per heavy atom. The van der Waals surface area contributed by atoms with E-state index in [4.69, 9.17) is 4.74 Å². The molecule has 0 radical (unpaired) electrons. The largest absolute Gasteiger partial charge is 0.487 e. The molecule has 1 N–H and O–H groups in total. The van der Waals surface area contributed by atoms with E-state index in [-0.39, 0.29) is 0 Å². The first-order valence-corrected chi connectivity index (χ1v) is 7.02. The van der Waals surface area contributed by atoms with Gasteiger partial charge in [-0.3, -0.25) is 4.98 Å². The van der Waals surface area contributed by atoms with Gasteiger partial charge in [-0.25, -0.2) is 0 Å². The standard InChI is InChI=1S/C17H22N2O/c1-13(2)16-9-4-5-10-17(16)20-12-15-8-6-7-14(19-15)11-18-3/h4-10,13,18H,11-12H2,1-3H3. The molecule has 1 aromatic heterocycles. The Kier molecular flexibility index (Phi) is 5.13. The first-order chi connectivity index (χ1) is 9.70. The fraction of sp³-hybridized carbons (Fsp3) is 0.353. The zero-order chi connectivity index (χ0) is 14.4. The topological polar surface area (TPSA) is 34.1 Å². The highest BCUT2D eigenvalue weighted by Gasteiger charge is 2.07. The Morgan fingerprint density at radius 1 is 1.05 bits per heavy atom. The molecule has 0 fully saturated rings. The van der Waals surface area contributed by atoms with Crippen LogP contribution < -0.4 is 10.1 Å². The number of nitrogens with one attached hydrogen (secondary N) is 1. The number of nitrogens with zero attached hydrogens (tertiary/aromatic N) is 1. The van der Waals surface area contributed by atoms with E-state index in [0.717, 1.165) is 23.7 Å². The fourth-order valence-corrected chi connectivity index (χ4v) is 2.13. The van der Waals surface area contributed by atoms with Gasteiger partial charge in [-0.1, -0.05) is 38.1 Å². The molecular weight excluding hydrogens is 248 g/mol. The molecule has 0 aliphatic rings. The third-order valence-electron chi connectivity index (χ3n) is 3.14. The van der Waals surface area contributed by atoms with Gasteiger partial charge in [-0.15, -0.1) is 0 Å². The van der Waals surface area contributed by atoms with Crippen LogP contribution in [0.5, 0.6) is 5.75 Å². The Balaban J connectivity index is 2.07. The van der Waals surface area contributed by atoms with Crippen molar-refractivity contribution >= 4 is 0 Å². The molecule has 0 bridgehead atoms. The smallest absolute Gasteiger partial charge is 0.130 e. The molecule has 1 aromatic carbocycles. The predicted octanol–water partition coefficient (Wildman–Crippen LogP) is 3.50. The molecule has 20 heavy (non-hydrogen) atoms. The van der Waals surface area contributed by atoms with Crippen molar-refractivity contribution in [1.29, 1.82) is 0 Å². The molecule has 1 heterocycles. The molecular formula is C17H22N2O. The molecule has 2 rings (SSSR count). The summed E-state index contributed by atoms with van der Waals surface area (Å²) >= 11 is 0. The zero-order valence-electron chi connectivity index (χ0n) is 12.4. The minimum absolute atomic E-state index is 0.454. The normalized spacial score (nSPS) is 10.8. The van der Waals surface area contributed by atoms with E-state index in [0.29, 0.717) is 12.5 Å². The van der Waals surface area contributed by atoms with Gasteiger partial charge >= 0.3 is 0 Å². The van der Waals surface area contributed by atoms with Crippen LogP contribution in [0.15, 0.2) is 42.5 Å². The van der Waals surface area contributed by atoms with Crippen LogP contribution in [0.25, 0.3) is 0 Å². The Labute approximate surface area is 121 Å². The average Bonchev–Trinajstić information content (AvgIpc) is 2.46. The number of hydrogen-bond donors (Lipinski definition) is 1. The molecule has 106 valence electrons. The highest BCUT2D eigenvalue weighted by Crippen LogP contribution is 2.26. The van der Waals surface area contributed by atoms with E-state index in [1.165, 1.54) is 5.56 Å². The average molecular weight is 270 g/mol. The second-order valence-electron chi connectivity index (χ2n) is 5.13. The summed E-state index contributed by atoms with van der Waals surface area (Å²) in [5.74, 6) is 1.40. The van der Waals surface area contributed by atoms with Crippen molar-refractivity contribution in [3.63, 3.8) is 0 Å². The van der Waals surface area contributed by atoms with Crippen molar-refractivity contribution in [3.05, 3.63) is 59.4 Å². The second-order valence-corrected chi connectivity index (χ2v) is 5.13. The number of para-hydroxylation sites is 1. The summed E-state index contributed by atoms with van der Waals surface area (Å²) in [6.45, 7) is 5.62. The SMILES string of the molecule is CNCc1cccc(COc2ccccc2C(C)C)n1. The minimum Gasteiger partial charge on any atom is -0.487 e. The number of benzene rings is 1. The number of pyridine rings is 1. The van der Waals surface area contributed by atoms with Gasteiger partial charge in [0.05, 0.1) is 11.4 Å². The van der Waals surface area contributed by atoms with Gasteiger partial charge < -0.3 is 10.1 Å². The van der Waals surface area contributed by atoms with Crippen molar-refractivity contribution in [1.82, 2.24) is 10.3 Å². The van der Waals surface area contributed by atoms with Crippen LogP contribution in [0.4, 0.5) is 0 Å². The summed E-state index contributed by atoms with van der Waals surface area (Å²) in [6, 6.07) is 14.2. The van der Waals surface area contributed by atoms with Gasteiger partial charge in [-0.05, 0) is 36.7 Å². The number of aromatic nitrogens is 1. The van der Waals surface area contributed by atoms with Crippen LogP contribution in [0, 0.1) is 0 Å². The Morgan fingerprint density at radius 3 is 2.55 bits per heavy atom. The van der Waals surface area contributed by atoms with Crippen LogP contribution in [-0.2, 0) is 13.2 Å². The lowest BCUT2D eigenvalue weighted by Crippen LogP contribution is -2.09. The molecule has 0 saturated carbocycles. The van der Waals surface area contributed by atoms with Gasteiger partial charge in [-0.2, -0.15) is 0 Å². The lowest BCUT2D eigenvalue weighted by molar-refractivity contribution is 0.296. The van der Waals surface area contributed by atoms with Crippen molar-refractivity contribution in [2.75, 3.05) is 7.05 Å². The van der Waals surface area contributed by atoms with Crippen molar-refractivity contribution in [3.8, 4) is 5.75 Å². The van der Waals surface area contributed by atoms with Crippen molar-refractivity contribution in [2.24, 2.45) is 0 Å². The molecule has 0 atom stereocenters. The third-order valence-corrected chi connectivity index (χ3v) is 3.14. The lowest BCUT2D eigenvalue weighted by atomic mass is 10.0. The molecule has 0 unspecified atom stereocenters. The van der Waals surface area contributed by atoms with Gasteiger partial charge in [0.1, 0.15) is 12.4 Å². The first-order valence-electron chi connectivity index (χ1n) is 7.02. The molecule has 0 aliphatic carbocycles. The first kappa shape index (κ1) is 14.5. The molecule has 2 aromatic rings. The fourth-order valence-electron chi connectivity index (χ4n) is 2.13. The number of hydrogen-bond acceptors (Lipinski definition) is 3. The van der Waals surface area contributed by atoms with Crippen LogP contribution >= 0.6 is 0 Å². The van der Waals surface area contributed by atoms with Crippen molar-refractivity contribution in [2.45, 2.75) is 32.9 Å². The number of ether oxygens (including phenoxy) is 1. The Hall–Kier alpha value is -1.87. The molecule has 3 heteroatoms. The monoisotopic (exact) mass is 270 g/mol. The molecule has 0 amide bonds. The maximum absolute atomic E-state index is 5.93. The van der Waals surface area contributed by atoms with Crippen LogP contribution in [-0.4, -0.2) is 12.0 Å². The summed E-state index contributed by atoms with van der Waals surface area (Å²) in [7, 11) is 1.92. The van der Waals surface area contributed by atoms with E-state index in [9.17, 15) is 0 Å². The van der Waals surface area contributed by atoms with E-state index < -0.39 is 0 Å². The van der Waals surface area contributed by atoms with Gasteiger partial charge in [0.15, 0.2) is 0 Å². The molecule has 0 aliphatic heterocycles. The molecule has 3 nitrogen and oxygen atoms in total. The van der Waals surface area contributed by atoms with E-state index in [2.05, 4.69) is 30.2 Å². The highest BCUT2D eigenvalue weighted by molar-refractivity contribution is 5.35. The summed E-state index contributed by atoms with van der Waals surface area (Å²) in [6.07, 6.45) is 0. The van der Waals surface area contributed by atoms with Crippen LogP contribution in [0.3, 0.4) is 0 Å². The maximum atomic E-state index is 5.93. The van der Waals surface area contributed by atoms with Gasteiger partial charge in [0.25, 0.3) is 0 Å². The van der Waals surface area contributed by atoms with E-state index >= 15 is 0 Å². The van der Waals surface area contributed by atoms with Gasteiger partial charge in [0.2, 0.25) is 0 Å². The quantitative estimate of drug-likeness (QED) is 0.872. The second kappa shape index (κ2) is 7.06. The van der Waals surface area contributed by atoms with Crippen molar-refractivity contribution < 1.29 is 4.74 Å². The minimum atomic E-state index is 0.454. The summed E-state index contributed by atoms with van der Waals surface area (Å²) < 4.78 is 5.93. The summed E-state index contributed by atoms with van der Waals surface area (Å²) in [4.78, 5) is 4.56. The van der Waals surface area contributed by atoms with Crippen LogP contribution in [0.1, 0.15) is 36.7 Å². The lowest BCUT2D eigenvalue weighted by Gasteiger charge is -2.13. The Bertz CT molecular complexity index is 552. The van der Waals surface area contributed by atoms with E-state index in [1.807, 2.05) is 43.4 Å². The van der Waals surface area contributed by atoms with Gasteiger partial charge in [0, 0.05) is 6.54 Å². The summed E-state index contributed by atoms with van der Waals surface area (Å²) in [5.41, 5.74) is 3.22. The highest BCUT2D eigenvalue weighted by atomic mass is 16.5. The molecule has 0 saturated heterocycles. The predicted molar refractivity (Wildman–Crippen MR) is 81.9 cm³/mol. The third kappa shape index (κ3) is 3.81. The maximum Gasteiger partial charge on any atom is 0.130 e. The number of rotatable bonds is 6.